The smallest absolute Gasteiger partial charge is 0.270 e. The first kappa shape index (κ1) is 17.1. The summed E-state index contributed by atoms with van der Waals surface area (Å²) in [5.74, 6) is -1.76. The fraction of sp³-hybridized carbons (Fsp3) is 0.412. The van der Waals surface area contributed by atoms with E-state index in [0.717, 1.165) is 17.0 Å². The van der Waals surface area contributed by atoms with Crippen molar-refractivity contribution in [3.63, 3.8) is 0 Å². The van der Waals surface area contributed by atoms with E-state index < -0.39 is 23.3 Å². The predicted molar refractivity (Wildman–Crippen MR) is 89.7 cm³/mol. The van der Waals surface area contributed by atoms with Gasteiger partial charge in [-0.25, -0.2) is 0 Å². The van der Waals surface area contributed by atoms with E-state index in [1.54, 1.807) is 4.90 Å². The Morgan fingerprint density at radius 3 is 2.63 bits per heavy atom. The number of carbonyl (C=O) groups excluding carboxylic acids is 4. The normalized spacial score (nSPS) is 23.9. The van der Waals surface area contributed by atoms with Crippen LogP contribution in [0, 0.1) is 15.5 Å². The van der Waals surface area contributed by atoms with Crippen LogP contribution in [0.3, 0.4) is 0 Å². The number of non-ortho nitro benzene ring substituents is 1. The number of imide groups is 1. The zero-order valence-electron chi connectivity index (χ0n) is 14.3. The second-order valence-corrected chi connectivity index (χ2v) is 7.20. The number of nitro benzene ring substituents is 1. The van der Waals surface area contributed by atoms with Crippen LogP contribution in [0.2, 0.25) is 0 Å². The molecule has 1 aromatic rings. The molecule has 0 radical (unpaired) electrons. The molecule has 0 bridgehead atoms. The third-order valence-corrected chi connectivity index (χ3v) is 5.45. The molecular formula is C17H16N4O6. The summed E-state index contributed by atoms with van der Waals surface area (Å²) in [6.07, 6.45) is 1.05. The molecule has 1 unspecified atom stereocenters. The van der Waals surface area contributed by atoms with Gasteiger partial charge in [0.2, 0.25) is 11.8 Å². The molecule has 0 aliphatic carbocycles. The van der Waals surface area contributed by atoms with Gasteiger partial charge in [0.25, 0.3) is 17.5 Å². The highest BCUT2D eigenvalue weighted by Crippen LogP contribution is 2.36. The van der Waals surface area contributed by atoms with Crippen LogP contribution in [0.25, 0.3) is 0 Å². The Hall–Kier alpha value is -3.30. The summed E-state index contributed by atoms with van der Waals surface area (Å²) >= 11 is 0. The molecule has 3 heterocycles. The molecule has 1 atom stereocenters. The van der Waals surface area contributed by atoms with E-state index >= 15 is 0 Å². The number of carbonyl (C=O) groups is 4. The molecule has 10 heteroatoms. The Morgan fingerprint density at radius 1 is 1.22 bits per heavy atom. The second-order valence-electron chi connectivity index (χ2n) is 7.20. The molecule has 0 saturated carbocycles. The third-order valence-electron chi connectivity index (χ3n) is 5.45. The molecule has 0 aromatic heterocycles. The minimum Gasteiger partial charge on any atom is -0.355 e. The van der Waals surface area contributed by atoms with E-state index in [1.807, 2.05) is 0 Å². The van der Waals surface area contributed by atoms with Crippen LogP contribution in [0.15, 0.2) is 18.2 Å². The fourth-order valence-corrected chi connectivity index (χ4v) is 3.96. The number of benzene rings is 1. The molecule has 1 spiro atoms. The lowest BCUT2D eigenvalue weighted by atomic mass is 9.86. The Labute approximate surface area is 153 Å². The van der Waals surface area contributed by atoms with E-state index in [1.165, 1.54) is 6.07 Å². The van der Waals surface area contributed by atoms with Crippen LogP contribution in [0.5, 0.6) is 0 Å². The average Bonchev–Trinajstić information content (AvgIpc) is 3.29. The number of fused-ring (bicyclic) bond motifs is 1. The Balaban J connectivity index is 1.48. The molecule has 4 amide bonds. The first-order valence-electron chi connectivity index (χ1n) is 8.49. The highest BCUT2D eigenvalue weighted by molar-refractivity contribution is 6.22. The van der Waals surface area contributed by atoms with Gasteiger partial charge < -0.3 is 10.2 Å². The first-order valence-corrected chi connectivity index (χ1v) is 8.49. The lowest BCUT2D eigenvalue weighted by molar-refractivity contribution is -0.384. The lowest BCUT2D eigenvalue weighted by Gasteiger charge is -2.23. The van der Waals surface area contributed by atoms with Gasteiger partial charge in [0.15, 0.2) is 0 Å². The topological polar surface area (TPSA) is 130 Å². The molecule has 3 aliphatic rings. The van der Waals surface area contributed by atoms with Gasteiger partial charge in [-0.15, -0.1) is 0 Å². The summed E-state index contributed by atoms with van der Waals surface area (Å²) < 4.78 is 0. The Morgan fingerprint density at radius 2 is 1.96 bits per heavy atom. The van der Waals surface area contributed by atoms with E-state index in [4.69, 9.17) is 0 Å². The van der Waals surface area contributed by atoms with Gasteiger partial charge in [-0.05, 0) is 12.5 Å². The van der Waals surface area contributed by atoms with Crippen molar-refractivity contribution in [2.24, 2.45) is 5.41 Å². The quantitative estimate of drug-likeness (QED) is 0.449. The van der Waals surface area contributed by atoms with Crippen LogP contribution in [0.4, 0.5) is 5.69 Å². The van der Waals surface area contributed by atoms with E-state index in [9.17, 15) is 29.3 Å². The number of likely N-dealkylation sites (tertiary alicyclic amines) is 1. The molecule has 3 aliphatic heterocycles. The number of nitro groups is 1. The summed E-state index contributed by atoms with van der Waals surface area (Å²) in [6.45, 7) is 0.964. The SMILES string of the molecule is O=C1CC2(CCN(C(=O)CN3C(=O)c4ccc([N+](=O)[O-])cc4C3=O)C2)CN1. The van der Waals surface area contributed by atoms with Crippen molar-refractivity contribution in [1.29, 1.82) is 0 Å². The molecule has 27 heavy (non-hydrogen) atoms. The molecule has 1 N–H and O–H groups in total. The fourth-order valence-electron chi connectivity index (χ4n) is 3.96. The van der Waals surface area contributed by atoms with Crippen LogP contribution < -0.4 is 5.32 Å². The van der Waals surface area contributed by atoms with Crippen molar-refractivity contribution in [1.82, 2.24) is 15.1 Å². The average molecular weight is 372 g/mol. The summed E-state index contributed by atoms with van der Waals surface area (Å²) in [7, 11) is 0. The summed E-state index contributed by atoms with van der Waals surface area (Å²) in [4.78, 5) is 61.6. The van der Waals surface area contributed by atoms with Crippen molar-refractivity contribution in [2.45, 2.75) is 12.8 Å². The minimum absolute atomic E-state index is 0.0359. The second kappa shape index (κ2) is 5.86. The van der Waals surface area contributed by atoms with Gasteiger partial charge in [0, 0.05) is 43.6 Å². The van der Waals surface area contributed by atoms with Crippen LogP contribution in [-0.2, 0) is 9.59 Å². The summed E-state index contributed by atoms with van der Waals surface area (Å²) in [5.41, 5.74) is -0.565. The van der Waals surface area contributed by atoms with Crippen molar-refractivity contribution in [2.75, 3.05) is 26.2 Å². The van der Waals surface area contributed by atoms with Crippen LogP contribution in [0.1, 0.15) is 33.6 Å². The number of rotatable bonds is 3. The van der Waals surface area contributed by atoms with Gasteiger partial charge >= 0.3 is 0 Å². The van der Waals surface area contributed by atoms with Crippen molar-refractivity contribution >= 4 is 29.3 Å². The van der Waals surface area contributed by atoms with E-state index in [2.05, 4.69) is 5.32 Å². The predicted octanol–water partition coefficient (Wildman–Crippen LogP) is -0.0706. The monoisotopic (exact) mass is 372 g/mol. The molecule has 10 nitrogen and oxygen atoms in total. The number of hydrogen-bond donors (Lipinski definition) is 1. The maximum Gasteiger partial charge on any atom is 0.270 e. The zero-order chi connectivity index (χ0) is 19.3. The zero-order valence-corrected chi connectivity index (χ0v) is 14.3. The van der Waals surface area contributed by atoms with Gasteiger partial charge in [0.1, 0.15) is 6.54 Å². The van der Waals surface area contributed by atoms with E-state index in [-0.39, 0.29) is 34.0 Å². The Kier molecular flexibility index (Phi) is 3.72. The maximum atomic E-state index is 12.6. The number of nitrogens with one attached hydrogen (secondary N) is 1. The minimum atomic E-state index is -0.710. The summed E-state index contributed by atoms with van der Waals surface area (Å²) in [6, 6.07) is 3.45. The number of amides is 4. The number of hydrogen-bond acceptors (Lipinski definition) is 6. The van der Waals surface area contributed by atoms with Gasteiger partial charge in [-0.3, -0.25) is 34.2 Å². The largest absolute Gasteiger partial charge is 0.355 e. The van der Waals surface area contributed by atoms with Gasteiger partial charge in [-0.2, -0.15) is 0 Å². The first-order chi connectivity index (χ1) is 12.8. The highest BCUT2D eigenvalue weighted by Gasteiger charge is 2.46. The molecular weight excluding hydrogens is 356 g/mol. The standard InChI is InChI=1S/C17H16N4O6/c22-13-6-17(8-18-13)3-4-19(9-17)14(23)7-20-15(24)11-2-1-10(21(26)27)5-12(11)16(20)25/h1-2,5H,3-4,6-9H2,(H,18,22). The van der Waals surface area contributed by atoms with Crippen molar-refractivity contribution < 1.29 is 24.1 Å². The molecule has 4 rings (SSSR count). The van der Waals surface area contributed by atoms with Crippen molar-refractivity contribution in [3.05, 3.63) is 39.4 Å². The van der Waals surface area contributed by atoms with Crippen LogP contribution >= 0.6 is 0 Å². The molecule has 2 saturated heterocycles. The van der Waals surface area contributed by atoms with Crippen molar-refractivity contribution in [3.8, 4) is 0 Å². The Bertz CT molecular complexity index is 913. The maximum absolute atomic E-state index is 12.6. The van der Waals surface area contributed by atoms with Gasteiger partial charge in [-0.1, -0.05) is 0 Å². The lowest BCUT2D eigenvalue weighted by Crippen LogP contribution is -2.42. The molecule has 1 aromatic carbocycles. The summed E-state index contributed by atoms with van der Waals surface area (Å²) in [5, 5.41) is 13.6. The molecule has 2 fully saturated rings. The third kappa shape index (κ3) is 2.73. The highest BCUT2D eigenvalue weighted by atomic mass is 16.6. The number of nitrogens with zero attached hydrogens (tertiary/aromatic N) is 3. The van der Waals surface area contributed by atoms with Crippen LogP contribution in [-0.4, -0.2) is 64.5 Å². The molecule has 140 valence electrons. The van der Waals surface area contributed by atoms with E-state index in [0.29, 0.717) is 32.5 Å². The van der Waals surface area contributed by atoms with Gasteiger partial charge in [0.05, 0.1) is 16.1 Å².